The number of hydrogen-bond donors (Lipinski definition) is 2. The molecule has 1 amide bonds. The fraction of sp³-hybridized carbons (Fsp3) is 0.778. The van der Waals surface area contributed by atoms with Crippen LogP contribution in [0.25, 0.3) is 0 Å². The van der Waals surface area contributed by atoms with Crippen molar-refractivity contribution in [2.75, 3.05) is 0 Å². The van der Waals surface area contributed by atoms with E-state index in [0.29, 0.717) is 0 Å². The van der Waals surface area contributed by atoms with Crippen LogP contribution in [0.5, 0.6) is 0 Å². The van der Waals surface area contributed by atoms with E-state index in [4.69, 9.17) is 5.11 Å². The maximum atomic E-state index is 11.8. The van der Waals surface area contributed by atoms with Gasteiger partial charge in [-0.25, -0.2) is 0 Å². The maximum absolute atomic E-state index is 11.8. The molecule has 4 nitrogen and oxygen atoms in total. The zero-order valence-corrected chi connectivity index (χ0v) is 9.02. The van der Waals surface area contributed by atoms with Gasteiger partial charge in [0.25, 0.3) is 0 Å². The molecular weight excluding hydrogens is 227 g/mol. The molecule has 0 heterocycles. The van der Waals surface area contributed by atoms with Crippen LogP contribution in [0.3, 0.4) is 0 Å². The molecule has 0 unspecified atom stereocenters. The lowest BCUT2D eigenvalue weighted by Crippen LogP contribution is -2.45. The Balaban J connectivity index is 4.15. The number of amides is 1. The molecular formula is C9H14F3NO3. The highest BCUT2D eigenvalue weighted by molar-refractivity contribution is 5.77. The molecule has 0 rings (SSSR count). The van der Waals surface area contributed by atoms with E-state index in [1.165, 1.54) is 13.8 Å². The molecule has 16 heavy (non-hydrogen) atoms. The number of rotatable bonds is 5. The van der Waals surface area contributed by atoms with Gasteiger partial charge in [-0.15, -0.1) is 0 Å². The Morgan fingerprint density at radius 1 is 1.25 bits per heavy atom. The highest BCUT2D eigenvalue weighted by atomic mass is 19.4. The maximum Gasteiger partial charge on any atom is 0.397 e. The summed E-state index contributed by atoms with van der Waals surface area (Å²) in [5.74, 6) is -2.21. The first-order valence-electron chi connectivity index (χ1n) is 4.61. The van der Waals surface area contributed by atoms with Crippen molar-refractivity contribution in [1.29, 1.82) is 0 Å². The van der Waals surface area contributed by atoms with Crippen molar-refractivity contribution in [3.05, 3.63) is 0 Å². The van der Waals surface area contributed by atoms with Gasteiger partial charge in [-0.2, -0.15) is 13.2 Å². The van der Waals surface area contributed by atoms with E-state index in [0.717, 1.165) is 0 Å². The van der Waals surface area contributed by atoms with Crippen molar-refractivity contribution in [2.45, 2.75) is 44.8 Å². The third-order valence-electron chi connectivity index (χ3n) is 1.80. The van der Waals surface area contributed by atoms with Gasteiger partial charge in [0.2, 0.25) is 5.91 Å². The molecule has 0 fully saturated rings. The van der Waals surface area contributed by atoms with Crippen LogP contribution in [0, 0.1) is 0 Å². The van der Waals surface area contributed by atoms with E-state index >= 15 is 0 Å². The van der Waals surface area contributed by atoms with Gasteiger partial charge in [-0.1, -0.05) is 0 Å². The third-order valence-corrected chi connectivity index (χ3v) is 1.80. The van der Waals surface area contributed by atoms with Crippen molar-refractivity contribution in [3.63, 3.8) is 0 Å². The summed E-state index contributed by atoms with van der Waals surface area (Å²) in [5.41, 5.74) is -0.958. The van der Waals surface area contributed by atoms with E-state index < -0.39 is 30.0 Å². The Morgan fingerprint density at radius 3 is 2.12 bits per heavy atom. The molecule has 0 saturated heterocycles. The van der Waals surface area contributed by atoms with Crippen LogP contribution >= 0.6 is 0 Å². The summed E-state index contributed by atoms with van der Waals surface area (Å²) in [6.07, 6.45) is -6.23. The summed E-state index contributed by atoms with van der Waals surface area (Å²) in [7, 11) is 0. The SMILES string of the molecule is CC(C)(CCC(=O)O)NC(=O)CC(F)(F)F. The molecule has 0 aromatic heterocycles. The monoisotopic (exact) mass is 241 g/mol. The Labute approximate surface area is 90.8 Å². The second-order valence-electron chi connectivity index (χ2n) is 4.12. The average Bonchev–Trinajstić information content (AvgIpc) is 1.95. The van der Waals surface area contributed by atoms with Crippen LogP contribution in [0.15, 0.2) is 0 Å². The van der Waals surface area contributed by atoms with Crippen LogP contribution in [0.2, 0.25) is 0 Å². The van der Waals surface area contributed by atoms with Gasteiger partial charge < -0.3 is 10.4 Å². The lowest BCUT2D eigenvalue weighted by Gasteiger charge is -2.25. The number of aliphatic carboxylic acids is 1. The van der Waals surface area contributed by atoms with Crippen molar-refractivity contribution >= 4 is 11.9 Å². The summed E-state index contributed by atoms with van der Waals surface area (Å²) in [6.45, 7) is 2.95. The normalized spacial score (nSPS) is 12.3. The highest BCUT2D eigenvalue weighted by Crippen LogP contribution is 2.20. The molecule has 0 aliphatic carbocycles. The Morgan fingerprint density at radius 2 is 1.75 bits per heavy atom. The molecule has 0 radical (unpaired) electrons. The quantitative estimate of drug-likeness (QED) is 0.769. The first-order valence-corrected chi connectivity index (χ1v) is 4.61. The Bertz CT molecular complexity index is 274. The van der Waals surface area contributed by atoms with Crippen LogP contribution in [-0.2, 0) is 9.59 Å². The fourth-order valence-corrected chi connectivity index (χ4v) is 1.09. The van der Waals surface area contributed by atoms with Crippen LogP contribution < -0.4 is 5.32 Å². The second kappa shape index (κ2) is 5.18. The molecule has 7 heteroatoms. The number of carboxylic acid groups (broad SMARTS) is 1. The number of halogens is 3. The summed E-state index contributed by atoms with van der Waals surface area (Å²) in [5, 5.41) is 10.6. The van der Waals surface area contributed by atoms with Gasteiger partial charge in [0.1, 0.15) is 6.42 Å². The zero-order valence-electron chi connectivity index (χ0n) is 9.02. The summed E-state index contributed by atoms with van der Waals surface area (Å²) >= 11 is 0. The van der Waals surface area contributed by atoms with Crippen LogP contribution in [0.1, 0.15) is 33.1 Å². The number of alkyl halides is 3. The van der Waals surface area contributed by atoms with Gasteiger partial charge in [0, 0.05) is 12.0 Å². The minimum atomic E-state index is -4.55. The smallest absolute Gasteiger partial charge is 0.397 e. The molecule has 0 spiro atoms. The largest absolute Gasteiger partial charge is 0.481 e. The first kappa shape index (κ1) is 14.7. The number of hydrogen-bond acceptors (Lipinski definition) is 2. The lowest BCUT2D eigenvalue weighted by atomic mass is 9.98. The van der Waals surface area contributed by atoms with E-state index in [1.807, 2.05) is 0 Å². The Kier molecular flexibility index (Phi) is 4.77. The number of carboxylic acids is 1. The topological polar surface area (TPSA) is 66.4 Å². The molecule has 0 aliphatic rings. The molecule has 2 N–H and O–H groups in total. The van der Waals surface area contributed by atoms with Gasteiger partial charge >= 0.3 is 12.1 Å². The lowest BCUT2D eigenvalue weighted by molar-refractivity contribution is -0.155. The van der Waals surface area contributed by atoms with Crippen LogP contribution in [-0.4, -0.2) is 28.7 Å². The first-order chi connectivity index (χ1) is 7.02. The minimum Gasteiger partial charge on any atom is -0.481 e. The van der Waals surface area contributed by atoms with Crippen molar-refractivity contribution < 1.29 is 27.9 Å². The predicted octanol–water partition coefficient (Wildman–Crippen LogP) is 1.70. The molecule has 0 atom stereocenters. The molecule has 0 aromatic carbocycles. The third kappa shape index (κ3) is 8.07. The van der Waals surface area contributed by atoms with Gasteiger partial charge in [0.15, 0.2) is 0 Å². The summed E-state index contributed by atoms with van der Waals surface area (Å²) < 4.78 is 35.5. The van der Waals surface area contributed by atoms with Crippen molar-refractivity contribution in [2.24, 2.45) is 0 Å². The van der Waals surface area contributed by atoms with E-state index in [-0.39, 0.29) is 12.8 Å². The number of carbonyl (C=O) groups excluding carboxylic acids is 1. The summed E-state index contributed by atoms with van der Waals surface area (Å²) in [4.78, 5) is 21.2. The van der Waals surface area contributed by atoms with Gasteiger partial charge in [-0.3, -0.25) is 9.59 Å². The van der Waals surface area contributed by atoms with Crippen molar-refractivity contribution in [3.8, 4) is 0 Å². The number of carbonyl (C=O) groups is 2. The van der Waals surface area contributed by atoms with E-state index in [2.05, 4.69) is 5.32 Å². The highest BCUT2D eigenvalue weighted by Gasteiger charge is 2.33. The molecule has 94 valence electrons. The summed E-state index contributed by atoms with van der Waals surface area (Å²) in [6, 6.07) is 0. The van der Waals surface area contributed by atoms with Crippen LogP contribution in [0.4, 0.5) is 13.2 Å². The standard InChI is InChI=1S/C9H14F3NO3/c1-8(2,4-3-7(15)16)13-6(14)5-9(10,11)12/h3-5H2,1-2H3,(H,13,14)(H,15,16). The molecule has 0 bridgehead atoms. The van der Waals surface area contributed by atoms with E-state index in [9.17, 15) is 22.8 Å². The average molecular weight is 241 g/mol. The zero-order chi connectivity index (χ0) is 13.0. The van der Waals surface area contributed by atoms with Crippen molar-refractivity contribution in [1.82, 2.24) is 5.32 Å². The number of nitrogens with one attached hydrogen (secondary N) is 1. The molecule has 0 saturated carbocycles. The fourth-order valence-electron chi connectivity index (χ4n) is 1.09. The molecule has 0 aromatic rings. The van der Waals surface area contributed by atoms with Gasteiger partial charge in [0.05, 0.1) is 0 Å². The second-order valence-corrected chi connectivity index (χ2v) is 4.12. The van der Waals surface area contributed by atoms with Gasteiger partial charge in [-0.05, 0) is 20.3 Å². The predicted molar refractivity (Wildman–Crippen MR) is 49.8 cm³/mol. The van der Waals surface area contributed by atoms with E-state index in [1.54, 1.807) is 0 Å². The minimum absolute atomic E-state index is 0.0753. The molecule has 0 aliphatic heterocycles. The Hall–Kier alpha value is -1.27.